The van der Waals surface area contributed by atoms with E-state index in [2.05, 4.69) is 11.9 Å². The van der Waals surface area contributed by atoms with Crippen LogP contribution < -0.4 is 0 Å². The Morgan fingerprint density at radius 2 is 1.92 bits per heavy atom. The van der Waals surface area contributed by atoms with Gasteiger partial charge in [0.25, 0.3) is 0 Å². The van der Waals surface area contributed by atoms with Crippen LogP contribution in [0.1, 0.15) is 25.7 Å². The number of allylic oxidation sites excluding steroid dienone is 1. The minimum atomic E-state index is 0.664. The van der Waals surface area contributed by atoms with Gasteiger partial charge in [0.15, 0.2) is 0 Å². The van der Waals surface area contributed by atoms with Gasteiger partial charge >= 0.3 is 0 Å². The third-order valence-electron chi connectivity index (χ3n) is 3.54. The predicted molar refractivity (Wildman–Crippen MR) is 53.5 cm³/mol. The maximum atomic E-state index is 5.03. The number of ether oxygens (including phenoxy) is 1. The van der Waals surface area contributed by atoms with Gasteiger partial charge in [-0.05, 0) is 56.8 Å². The number of nitrogens with zero attached hydrogens (tertiary/aromatic N) is 1. The topological polar surface area (TPSA) is 12.5 Å². The Balaban J connectivity index is 1.86. The number of rotatable bonds is 1. The highest BCUT2D eigenvalue weighted by atomic mass is 16.5. The third-order valence-corrected chi connectivity index (χ3v) is 3.54. The van der Waals surface area contributed by atoms with Gasteiger partial charge in [0.1, 0.15) is 0 Å². The van der Waals surface area contributed by atoms with Crippen molar-refractivity contribution in [2.24, 2.45) is 5.41 Å². The number of piperidine rings is 1. The molecule has 0 atom stereocenters. The average molecular weight is 181 g/mol. The van der Waals surface area contributed by atoms with E-state index in [9.17, 15) is 0 Å². The lowest BCUT2D eigenvalue weighted by Crippen LogP contribution is -2.42. The summed E-state index contributed by atoms with van der Waals surface area (Å²) in [4.78, 5) is 2.43. The molecule has 1 saturated heterocycles. The highest BCUT2D eigenvalue weighted by molar-refractivity contribution is 5.18. The van der Waals surface area contributed by atoms with E-state index in [1.54, 1.807) is 7.11 Å². The monoisotopic (exact) mass is 181 g/mol. The lowest BCUT2D eigenvalue weighted by atomic mass is 9.61. The fourth-order valence-corrected chi connectivity index (χ4v) is 2.61. The van der Waals surface area contributed by atoms with Crippen molar-refractivity contribution in [1.82, 2.24) is 4.90 Å². The molecule has 2 heteroatoms. The van der Waals surface area contributed by atoms with E-state index < -0.39 is 0 Å². The van der Waals surface area contributed by atoms with E-state index in [1.807, 2.05) is 6.26 Å². The van der Waals surface area contributed by atoms with Crippen molar-refractivity contribution in [3.63, 3.8) is 0 Å². The summed E-state index contributed by atoms with van der Waals surface area (Å²) >= 11 is 0. The molecule has 0 aromatic rings. The molecule has 2 rings (SSSR count). The normalized spacial score (nSPS) is 27.1. The summed E-state index contributed by atoms with van der Waals surface area (Å²) < 4.78 is 5.03. The third kappa shape index (κ3) is 1.73. The zero-order valence-corrected chi connectivity index (χ0v) is 8.68. The van der Waals surface area contributed by atoms with Gasteiger partial charge in [-0.2, -0.15) is 0 Å². The van der Waals surface area contributed by atoms with Crippen LogP contribution in [-0.2, 0) is 4.74 Å². The van der Waals surface area contributed by atoms with E-state index in [0.29, 0.717) is 5.41 Å². The highest BCUT2D eigenvalue weighted by Crippen LogP contribution is 2.51. The Hall–Kier alpha value is -0.500. The van der Waals surface area contributed by atoms with Gasteiger partial charge in [-0.1, -0.05) is 0 Å². The van der Waals surface area contributed by atoms with E-state index in [4.69, 9.17) is 4.74 Å². The molecule has 0 amide bonds. The van der Waals surface area contributed by atoms with Crippen molar-refractivity contribution >= 4 is 0 Å². The van der Waals surface area contributed by atoms with Crippen molar-refractivity contribution in [3.8, 4) is 0 Å². The predicted octanol–water partition coefficient (Wildman–Crippen LogP) is 2.02. The fourth-order valence-electron chi connectivity index (χ4n) is 2.61. The van der Waals surface area contributed by atoms with Gasteiger partial charge in [0, 0.05) is 0 Å². The first-order chi connectivity index (χ1) is 6.24. The standard InChI is InChI=1S/C11H19NO/c1-12-5-3-11(4-6-12)7-10(8-11)9-13-2/h9H,3-8H2,1-2H3. The summed E-state index contributed by atoms with van der Waals surface area (Å²) in [5, 5.41) is 0. The second-order valence-electron chi connectivity index (χ2n) is 4.67. The van der Waals surface area contributed by atoms with Gasteiger partial charge in [-0.15, -0.1) is 0 Å². The quantitative estimate of drug-likeness (QED) is 0.574. The molecule has 0 radical (unpaired) electrons. The largest absolute Gasteiger partial charge is 0.504 e. The minimum Gasteiger partial charge on any atom is -0.504 e. The average Bonchev–Trinajstić information content (AvgIpc) is 2.07. The summed E-state index contributed by atoms with van der Waals surface area (Å²) in [5.74, 6) is 0. The summed E-state index contributed by atoms with van der Waals surface area (Å²) in [6, 6.07) is 0. The Morgan fingerprint density at radius 1 is 1.31 bits per heavy atom. The van der Waals surface area contributed by atoms with Crippen LogP contribution in [0.5, 0.6) is 0 Å². The molecule has 2 fully saturated rings. The summed E-state index contributed by atoms with van der Waals surface area (Å²) in [7, 11) is 3.96. The zero-order chi connectivity index (χ0) is 9.31. The van der Waals surface area contributed by atoms with Crippen LogP contribution in [-0.4, -0.2) is 32.1 Å². The SMILES string of the molecule is COC=C1CC2(CCN(C)CC2)C1. The van der Waals surface area contributed by atoms with Crippen molar-refractivity contribution in [2.75, 3.05) is 27.2 Å². The molecule has 0 aromatic heterocycles. The van der Waals surface area contributed by atoms with Crippen molar-refractivity contribution in [1.29, 1.82) is 0 Å². The summed E-state index contributed by atoms with van der Waals surface area (Å²) in [6.07, 6.45) is 7.27. The van der Waals surface area contributed by atoms with E-state index in [1.165, 1.54) is 44.3 Å². The number of methoxy groups -OCH3 is 1. The second kappa shape index (κ2) is 3.33. The molecule has 0 unspecified atom stereocenters. The van der Waals surface area contributed by atoms with E-state index in [0.717, 1.165) is 0 Å². The minimum absolute atomic E-state index is 0.664. The number of hydrogen-bond acceptors (Lipinski definition) is 2. The molecular formula is C11H19NO. The van der Waals surface area contributed by atoms with E-state index in [-0.39, 0.29) is 0 Å². The van der Waals surface area contributed by atoms with Crippen LogP contribution in [0.4, 0.5) is 0 Å². The Labute approximate surface area is 80.6 Å². The molecule has 1 saturated carbocycles. The molecule has 0 bridgehead atoms. The molecule has 2 aliphatic rings. The van der Waals surface area contributed by atoms with Gasteiger partial charge < -0.3 is 9.64 Å². The molecule has 1 heterocycles. The maximum absolute atomic E-state index is 5.03. The maximum Gasteiger partial charge on any atom is 0.0816 e. The molecule has 1 aliphatic carbocycles. The van der Waals surface area contributed by atoms with Crippen LogP contribution in [0.15, 0.2) is 11.8 Å². The smallest absolute Gasteiger partial charge is 0.0816 e. The van der Waals surface area contributed by atoms with Crippen LogP contribution in [0, 0.1) is 5.41 Å². The highest BCUT2D eigenvalue weighted by Gasteiger charge is 2.42. The summed E-state index contributed by atoms with van der Waals surface area (Å²) in [6.45, 7) is 2.56. The van der Waals surface area contributed by atoms with Gasteiger partial charge in [-0.3, -0.25) is 0 Å². The number of hydrogen-bond donors (Lipinski definition) is 0. The molecule has 2 nitrogen and oxygen atoms in total. The Bertz CT molecular complexity index is 204. The molecular weight excluding hydrogens is 162 g/mol. The van der Waals surface area contributed by atoms with Crippen LogP contribution in [0.3, 0.4) is 0 Å². The molecule has 0 aromatic carbocycles. The molecule has 1 spiro atoms. The first-order valence-corrected chi connectivity index (χ1v) is 5.13. The Kier molecular flexibility index (Phi) is 2.33. The molecule has 1 aliphatic heterocycles. The van der Waals surface area contributed by atoms with Gasteiger partial charge in [0.05, 0.1) is 13.4 Å². The van der Waals surface area contributed by atoms with Crippen LogP contribution in [0.2, 0.25) is 0 Å². The Morgan fingerprint density at radius 3 is 2.46 bits per heavy atom. The lowest BCUT2D eigenvalue weighted by molar-refractivity contribution is 0.0796. The first kappa shape index (κ1) is 9.07. The van der Waals surface area contributed by atoms with Gasteiger partial charge in [0.2, 0.25) is 0 Å². The number of likely N-dealkylation sites (tertiary alicyclic amines) is 1. The van der Waals surface area contributed by atoms with Crippen LogP contribution in [0.25, 0.3) is 0 Å². The van der Waals surface area contributed by atoms with Gasteiger partial charge in [-0.25, -0.2) is 0 Å². The fraction of sp³-hybridized carbons (Fsp3) is 0.818. The van der Waals surface area contributed by atoms with Crippen LogP contribution >= 0.6 is 0 Å². The molecule has 13 heavy (non-hydrogen) atoms. The first-order valence-electron chi connectivity index (χ1n) is 5.13. The second-order valence-corrected chi connectivity index (χ2v) is 4.67. The van der Waals surface area contributed by atoms with Crippen molar-refractivity contribution in [2.45, 2.75) is 25.7 Å². The summed E-state index contributed by atoms with van der Waals surface area (Å²) in [5.41, 5.74) is 2.17. The zero-order valence-electron chi connectivity index (χ0n) is 8.68. The molecule has 0 N–H and O–H groups in total. The van der Waals surface area contributed by atoms with E-state index >= 15 is 0 Å². The van der Waals surface area contributed by atoms with Crippen molar-refractivity contribution < 1.29 is 4.74 Å². The lowest BCUT2D eigenvalue weighted by Gasteiger charge is -2.48. The van der Waals surface area contributed by atoms with Crippen molar-refractivity contribution in [3.05, 3.63) is 11.8 Å². The molecule has 74 valence electrons.